The van der Waals surface area contributed by atoms with Crippen LogP contribution in [0.2, 0.25) is 0 Å². The smallest absolute Gasteiger partial charge is 0.0891 e. The zero-order valence-corrected chi connectivity index (χ0v) is 12.4. The van der Waals surface area contributed by atoms with E-state index in [1.807, 2.05) is 12.1 Å². The fourth-order valence-electron chi connectivity index (χ4n) is 2.62. The molecule has 0 radical (unpaired) electrons. The molecule has 2 heterocycles. The standard InChI is InChI=1S/C16H22N4O/c1-18-7-8-19(13-18)9-11-21-12-10-20-6-5-14-15(17)3-2-4-16(14)20/h2-8H,9-13,17H2,1H3. The molecule has 5 nitrogen and oxygen atoms in total. The molecule has 0 unspecified atom stereocenters. The molecule has 0 amide bonds. The van der Waals surface area contributed by atoms with Crippen LogP contribution in [-0.4, -0.2) is 47.8 Å². The van der Waals surface area contributed by atoms with Crippen molar-refractivity contribution >= 4 is 16.6 Å². The molecule has 0 aliphatic carbocycles. The van der Waals surface area contributed by atoms with Crippen LogP contribution >= 0.6 is 0 Å². The van der Waals surface area contributed by atoms with E-state index in [1.54, 1.807) is 0 Å². The van der Waals surface area contributed by atoms with E-state index >= 15 is 0 Å². The molecule has 0 fully saturated rings. The van der Waals surface area contributed by atoms with Crippen molar-refractivity contribution in [3.05, 3.63) is 42.9 Å². The first-order valence-electron chi connectivity index (χ1n) is 7.28. The summed E-state index contributed by atoms with van der Waals surface area (Å²) in [7, 11) is 2.07. The summed E-state index contributed by atoms with van der Waals surface area (Å²) in [6, 6.07) is 8.08. The number of fused-ring (bicyclic) bond motifs is 1. The van der Waals surface area contributed by atoms with Gasteiger partial charge in [-0.1, -0.05) is 6.07 Å². The van der Waals surface area contributed by atoms with Gasteiger partial charge in [0, 0.05) is 49.8 Å². The molecule has 0 atom stereocenters. The lowest BCUT2D eigenvalue weighted by molar-refractivity contribution is 0.107. The number of anilines is 1. The van der Waals surface area contributed by atoms with E-state index < -0.39 is 0 Å². The monoisotopic (exact) mass is 286 g/mol. The van der Waals surface area contributed by atoms with E-state index in [2.05, 4.69) is 52.1 Å². The summed E-state index contributed by atoms with van der Waals surface area (Å²) in [5, 5.41) is 1.11. The summed E-state index contributed by atoms with van der Waals surface area (Å²) < 4.78 is 7.93. The van der Waals surface area contributed by atoms with Crippen molar-refractivity contribution in [3.8, 4) is 0 Å². The Kier molecular flexibility index (Phi) is 4.01. The number of aromatic nitrogens is 1. The number of nitrogens with two attached hydrogens (primary N) is 1. The molecule has 1 aromatic heterocycles. The van der Waals surface area contributed by atoms with Gasteiger partial charge in [-0.3, -0.25) is 0 Å². The van der Waals surface area contributed by atoms with Crippen LogP contribution in [0.3, 0.4) is 0 Å². The predicted octanol–water partition coefficient (Wildman–Crippen LogP) is 1.92. The maximum Gasteiger partial charge on any atom is 0.0891 e. The first kappa shape index (κ1) is 13.8. The van der Waals surface area contributed by atoms with Gasteiger partial charge in [0.05, 0.1) is 25.4 Å². The molecule has 5 heteroatoms. The average Bonchev–Trinajstić information content (AvgIpc) is 3.06. The van der Waals surface area contributed by atoms with Gasteiger partial charge in [0.2, 0.25) is 0 Å². The third kappa shape index (κ3) is 3.13. The normalized spacial score (nSPS) is 14.5. The van der Waals surface area contributed by atoms with Crippen LogP contribution in [0.5, 0.6) is 0 Å². The number of nitrogen functional groups attached to an aromatic ring is 1. The van der Waals surface area contributed by atoms with Crippen LogP contribution in [-0.2, 0) is 11.3 Å². The fourth-order valence-corrected chi connectivity index (χ4v) is 2.62. The highest BCUT2D eigenvalue weighted by Gasteiger charge is 2.07. The second-order valence-electron chi connectivity index (χ2n) is 5.41. The van der Waals surface area contributed by atoms with Gasteiger partial charge in [0.25, 0.3) is 0 Å². The van der Waals surface area contributed by atoms with Gasteiger partial charge in [-0.05, 0) is 18.2 Å². The summed E-state index contributed by atoms with van der Waals surface area (Å²) in [5.41, 5.74) is 7.97. The molecule has 1 aliphatic rings. The molecule has 112 valence electrons. The second-order valence-corrected chi connectivity index (χ2v) is 5.41. The maximum absolute atomic E-state index is 5.97. The molecule has 1 aliphatic heterocycles. The molecular formula is C16H22N4O. The second kappa shape index (κ2) is 6.10. The van der Waals surface area contributed by atoms with Gasteiger partial charge in [-0.25, -0.2) is 0 Å². The number of rotatable bonds is 6. The molecule has 3 rings (SSSR count). The Morgan fingerprint density at radius 1 is 1.14 bits per heavy atom. The highest BCUT2D eigenvalue weighted by Crippen LogP contribution is 2.21. The van der Waals surface area contributed by atoms with Crippen molar-refractivity contribution in [1.29, 1.82) is 0 Å². The highest BCUT2D eigenvalue weighted by atomic mass is 16.5. The van der Waals surface area contributed by atoms with E-state index in [4.69, 9.17) is 10.5 Å². The lowest BCUT2D eigenvalue weighted by Gasteiger charge is -2.17. The highest BCUT2D eigenvalue weighted by molar-refractivity contribution is 5.91. The Hall–Kier alpha value is -2.14. The first-order valence-corrected chi connectivity index (χ1v) is 7.28. The predicted molar refractivity (Wildman–Crippen MR) is 85.6 cm³/mol. The first-order chi connectivity index (χ1) is 10.2. The van der Waals surface area contributed by atoms with E-state index in [0.717, 1.165) is 37.4 Å². The summed E-state index contributed by atoms with van der Waals surface area (Å²) in [6.45, 7) is 4.19. The molecule has 0 bridgehead atoms. The van der Waals surface area contributed by atoms with Crippen LogP contribution in [0.1, 0.15) is 0 Å². The molecule has 1 aromatic carbocycles. The number of hydrogen-bond acceptors (Lipinski definition) is 4. The van der Waals surface area contributed by atoms with Crippen LogP contribution in [0.4, 0.5) is 5.69 Å². The maximum atomic E-state index is 5.97. The summed E-state index contributed by atoms with van der Waals surface area (Å²) in [5.74, 6) is 0. The van der Waals surface area contributed by atoms with E-state index in [9.17, 15) is 0 Å². The van der Waals surface area contributed by atoms with Crippen LogP contribution in [0, 0.1) is 0 Å². The number of ether oxygens (including phenoxy) is 1. The largest absolute Gasteiger partial charge is 0.398 e. The number of hydrogen-bond donors (Lipinski definition) is 1. The topological polar surface area (TPSA) is 46.7 Å². The van der Waals surface area contributed by atoms with Gasteiger partial charge in [-0.15, -0.1) is 0 Å². The van der Waals surface area contributed by atoms with E-state index in [0.29, 0.717) is 6.61 Å². The number of benzene rings is 1. The van der Waals surface area contributed by atoms with Gasteiger partial charge in [-0.2, -0.15) is 0 Å². The Bertz CT molecular complexity index is 634. The van der Waals surface area contributed by atoms with Crippen LogP contribution in [0.25, 0.3) is 10.9 Å². The van der Waals surface area contributed by atoms with Crippen LogP contribution < -0.4 is 5.73 Å². The van der Waals surface area contributed by atoms with Gasteiger partial charge < -0.3 is 24.8 Å². The van der Waals surface area contributed by atoms with Gasteiger partial charge in [0.15, 0.2) is 0 Å². The van der Waals surface area contributed by atoms with Crippen molar-refractivity contribution in [2.24, 2.45) is 0 Å². The third-order valence-corrected chi connectivity index (χ3v) is 3.78. The summed E-state index contributed by atoms with van der Waals surface area (Å²) >= 11 is 0. The molecular weight excluding hydrogens is 264 g/mol. The zero-order valence-electron chi connectivity index (χ0n) is 12.4. The minimum Gasteiger partial charge on any atom is -0.398 e. The van der Waals surface area contributed by atoms with Crippen molar-refractivity contribution < 1.29 is 4.74 Å². The molecule has 0 spiro atoms. The van der Waals surface area contributed by atoms with E-state index in [1.165, 1.54) is 5.52 Å². The average molecular weight is 286 g/mol. The Morgan fingerprint density at radius 3 is 2.81 bits per heavy atom. The van der Waals surface area contributed by atoms with Crippen molar-refractivity contribution in [3.63, 3.8) is 0 Å². The van der Waals surface area contributed by atoms with Crippen molar-refractivity contribution in [1.82, 2.24) is 14.4 Å². The molecule has 2 N–H and O–H groups in total. The number of nitrogens with zero attached hydrogens (tertiary/aromatic N) is 3. The van der Waals surface area contributed by atoms with Crippen molar-refractivity contribution in [2.45, 2.75) is 6.54 Å². The Morgan fingerprint density at radius 2 is 2.00 bits per heavy atom. The molecule has 0 saturated heterocycles. The zero-order chi connectivity index (χ0) is 14.7. The molecule has 2 aromatic rings. The van der Waals surface area contributed by atoms with Gasteiger partial charge >= 0.3 is 0 Å². The van der Waals surface area contributed by atoms with E-state index in [-0.39, 0.29) is 0 Å². The minimum atomic E-state index is 0.714. The van der Waals surface area contributed by atoms with Gasteiger partial charge in [0.1, 0.15) is 0 Å². The summed E-state index contributed by atoms with van der Waals surface area (Å²) in [6.07, 6.45) is 6.25. The van der Waals surface area contributed by atoms with Crippen molar-refractivity contribution in [2.75, 3.05) is 39.2 Å². The lowest BCUT2D eigenvalue weighted by Crippen LogP contribution is -2.26. The van der Waals surface area contributed by atoms with Crippen LogP contribution in [0.15, 0.2) is 42.9 Å². The molecule has 21 heavy (non-hydrogen) atoms. The third-order valence-electron chi connectivity index (χ3n) is 3.78. The molecule has 0 saturated carbocycles. The fraction of sp³-hybridized carbons (Fsp3) is 0.375. The Labute approximate surface area is 125 Å². The lowest BCUT2D eigenvalue weighted by atomic mass is 10.2. The quantitative estimate of drug-likeness (QED) is 0.651. The summed E-state index contributed by atoms with van der Waals surface area (Å²) in [4.78, 5) is 4.39. The SMILES string of the molecule is CN1C=CN(CCOCCn2ccc3c(N)cccc32)C1. The Balaban J connectivity index is 1.45. The minimum absolute atomic E-state index is 0.714.